The lowest BCUT2D eigenvalue weighted by Crippen LogP contribution is -2.15. The first-order valence-corrected chi connectivity index (χ1v) is 9.89. The number of hydrogen-bond acceptors (Lipinski definition) is 2. The summed E-state index contributed by atoms with van der Waals surface area (Å²) in [6.45, 7) is 0. The van der Waals surface area contributed by atoms with Gasteiger partial charge in [0.05, 0.1) is 5.92 Å². The van der Waals surface area contributed by atoms with Crippen molar-refractivity contribution in [2.75, 3.05) is 0 Å². The highest BCUT2D eigenvalue weighted by Crippen LogP contribution is 2.23. The SMILES string of the molecule is O=C(O)C(CCCc1ccccc1)CCc1ccc(Oc2ccc(F)cc2)cc1. The lowest BCUT2D eigenvalue weighted by Gasteiger charge is -2.13. The van der Waals surface area contributed by atoms with Crippen LogP contribution in [0.1, 0.15) is 30.4 Å². The standard InChI is InChI=1S/C25H25FO3/c26-22-13-17-24(18-14-22)29-23-15-10-20(11-16-23)9-12-21(25(27)28)8-4-7-19-5-2-1-3-6-19/h1-3,5-6,10-11,13-18,21H,4,7-9,12H2,(H,27,28). The molecule has 0 aliphatic rings. The summed E-state index contributed by atoms with van der Waals surface area (Å²) in [5.74, 6) is -0.130. The highest BCUT2D eigenvalue weighted by atomic mass is 19.1. The van der Waals surface area contributed by atoms with E-state index in [9.17, 15) is 14.3 Å². The predicted molar refractivity (Wildman–Crippen MR) is 112 cm³/mol. The number of carbonyl (C=O) groups is 1. The van der Waals surface area contributed by atoms with Crippen molar-refractivity contribution < 1.29 is 19.0 Å². The lowest BCUT2D eigenvalue weighted by molar-refractivity contribution is -0.142. The molecular formula is C25H25FO3. The van der Waals surface area contributed by atoms with E-state index in [-0.39, 0.29) is 11.7 Å². The molecule has 0 saturated heterocycles. The second-order valence-corrected chi connectivity index (χ2v) is 7.15. The summed E-state index contributed by atoms with van der Waals surface area (Å²) >= 11 is 0. The molecule has 3 nitrogen and oxygen atoms in total. The van der Waals surface area contributed by atoms with Crippen LogP contribution in [0.2, 0.25) is 0 Å². The molecule has 0 radical (unpaired) electrons. The molecule has 4 heteroatoms. The summed E-state index contributed by atoms with van der Waals surface area (Å²) in [6.07, 6.45) is 3.77. The minimum Gasteiger partial charge on any atom is -0.481 e. The molecule has 0 saturated carbocycles. The molecule has 3 aromatic rings. The van der Waals surface area contributed by atoms with Gasteiger partial charge in [-0.05, 0) is 79.6 Å². The molecule has 0 aromatic heterocycles. The van der Waals surface area contributed by atoms with Crippen molar-refractivity contribution >= 4 is 5.97 Å². The molecule has 0 aliphatic carbocycles. The zero-order valence-corrected chi connectivity index (χ0v) is 16.3. The summed E-state index contributed by atoms with van der Waals surface area (Å²) in [7, 11) is 0. The zero-order chi connectivity index (χ0) is 20.5. The van der Waals surface area contributed by atoms with Crippen LogP contribution in [0.25, 0.3) is 0 Å². The summed E-state index contributed by atoms with van der Waals surface area (Å²) < 4.78 is 18.6. The predicted octanol–water partition coefficient (Wildman–Crippen LogP) is 6.27. The Bertz CT molecular complexity index is 890. The first kappa shape index (κ1) is 20.6. The molecule has 29 heavy (non-hydrogen) atoms. The average molecular weight is 392 g/mol. The summed E-state index contributed by atoms with van der Waals surface area (Å²) in [5.41, 5.74) is 2.32. The van der Waals surface area contributed by atoms with Crippen LogP contribution in [0.4, 0.5) is 4.39 Å². The number of rotatable bonds is 10. The molecule has 1 atom stereocenters. The van der Waals surface area contributed by atoms with Gasteiger partial charge in [-0.3, -0.25) is 4.79 Å². The number of benzene rings is 3. The van der Waals surface area contributed by atoms with Gasteiger partial charge < -0.3 is 9.84 Å². The smallest absolute Gasteiger partial charge is 0.306 e. The van der Waals surface area contributed by atoms with Gasteiger partial charge in [0.2, 0.25) is 0 Å². The van der Waals surface area contributed by atoms with Crippen LogP contribution in [-0.2, 0) is 17.6 Å². The van der Waals surface area contributed by atoms with Gasteiger partial charge in [0, 0.05) is 0 Å². The Morgan fingerprint density at radius 1 is 0.793 bits per heavy atom. The van der Waals surface area contributed by atoms with Gasteiger partial charge in [-0.2, -0.15) is 0 Å². The van der Waals surface area contributed by atoms with Gasteiger partial charge in [-0.1, -0.05) is 42.5 Å². The monoisotopic (exact) mass is 392 g/mol. The summed E-state index contributed by atoms with van der Waals surface area (Å²) in [5, 5.41) is 9.53. The molecule has 0 fully saturated rings. The van der Waals surface area contributed by atoms with E-state index in [1.807, 2.05) is 42.5 Å². The molecule has 0 heterocycles. The van der Waals surface area contributed by atoms with Crippen molar-refractivity contribution in [3.05, 3.63) is 95.8 Å². The highest BCUT2D eigenvalue weighted by Gasteiger charge is 2.17. The van der Waals surface area contributed by atoms with E-state index in [1.54, 1.807) is 12.1 Å². The molecule has 1 N–H and O–H groups in total. The molecular weight excluding hydrogens is 367 g/mol. The van der Waals surface area contributed by atoms with Crippen molar-refractivity contribution in [2.24, 2.45) is 5.92 Å². The Hall–Kier alpha value is -3.14. The Morgan fingerprint density at radius 2 is 1.38 bits per heavy atom. The fraction of sp³-hybridized carbons (Fsp3) is 0.240. The second-order valence-electron chi connectivity index (χ2n) is 7.15. The van der Waals surface area contributed by atoms with Crippen LogP contribution in [-0.4, -0.2) is 11.1 Å². The number of halogens is 1. The van der Waals surface area contributed by atoms with Crippen LogP contribution in [0.15, 0.2) is 78.9 Å². The van der Waals surface area contributed by atoms with Crippen molar-refractivity contribution in [1.29, 1.82) is 0 Å². The third-order valence-corrected chi connectivity index (χ3v) is 4.96. The quantitative estimate of drug-likeness (QED) is 0.442. The molecule has 0 amide bonds. The molecule has 3 aromatic carbocycles. The topological polar surface area (TPSA) is 46.5 Å². The Balaban J connectivity index is 1.47. The minimum absolute atomic E-state index is 0.301. The first-order chi connectivity index (χ1) is 14.1. The van der Waals surface area contributed by atoms with Crippen molar-refractivity contribution in [1.82, 2.24) is 0 Å². The number of hydrogen-bond donors (Lipinski definition) is 1. The van der Waals surface area contributed by atoms with Crippen LogP contribution >= 0.6 is 0 Å². The summed E-state index contributed by atoms with van der Waals surface area (Å²) in [4.78, 5) is 11.6. The fourth-order valence-electron chi connectivity index (χ4n) is 3.29. The number of aryl methyl sites for hydroxylation is 2. The maximum Gasteiger partial charge on any atom is 0.306 e. The van der Waals surface area contributed by atoms with Crippen molar-refractivity contribution in [3.63, 3.8) is 0 Å². The Labute approximate surface area is 170 Å². The van der Waals surface area contributed by atoms with Crippen molar-refractivity contribution in [2.45, 2.75) is 32.1 Å². The van der Waals surface area contributed by atoms with Gasteiger partial charge in [0.1, 0.15) is 17.3 Å². The van der Waals surface area contributed by atoms with E-state index in [2.05, 4.69) is 12.1 Å². The van der Waals surface area contributed by atoms with E-state index in [1.165, 1.54) is 17.7 Å². The lowest BCUT2D eigenvalue weighted by atomic mass is 9.93. The van der Waals surface area contributed by atoms with Crippen LogP contribution in [0.5, 0.6) is 11.5 Å². The zero-order valence-electron chi connectivity index (χ0n) is 16.3. The number of carboxylic acid groups (broad SMARTS) is 1. The molecule has 0 spiro atoms. The second kappa shape index (κ2) is 10.4. The highest BCUT2D eigenvalue weighted by molar-refractivity contribution is 5.69. The molecule has 1 unspecified atom stereocenters. The third kappa shape index (κ3) is 6.75. The maximum atomic E-state index is 13.0. The number of ether oxygens (including phenoxy) is 1. The van der Waals surface area contributed by atoms with E-state index in [4.69, 9.17) is 4.74 Å². The van der Waals surface area contributed by atoms with E-state index in [0.29, 0.717) is 30.8 Å². The maximum absolute atomic E-state index is 13.0. The normalized spacial score (nSPS) is 11.8. The van der Waals surface area contributed by atoms with Gasteiger partial charge in [-0.25, -0.2) is 4.39 Å². The van der Waals surface area contributed by atoms with Gasteiger partial charge in [0.25, 0.3) is 0 Å². The van der Waals surface area contributed by atoms with Crippen molar-refractivity contribution in [3.8, 4) is 11.5 Å². The summed E-state index contributed by atoms with van der Waals surface area (Å²) in [6, 6.07) is 23.6. The number of carboxylic acids is 1. The van der Waals surface area contributed by atoms with E-state index < -0.39 is 5.97 Å². The number of aliphatic carboxylic acids is 1. The van der Waals surface area contributed by atoms with E-state index >= 15 is 0 Å². The molecule has 3 rings (SSSR count). The third-order valence-electron chi connectivity index (χ3n) is 4.96. The van der Waals surface area contributed by atoms with Gasteiger partial charge >= 0.3 is 5.97 Å². The van der Waals surface area contributed by atoms with Crippen LogP contribution in [0, 0.1) is 11.7 Å². The van der Waals surface area contributed by atoms with Gasteiger partial charge in [-0.15, -0.1) is 0 Å². The average Bonchev–Trinajstić information content (AvgIpc) is 2.74. The Kier molecular flexibility index (Phi) is 7.40. The largest absolute Gasteiger partial charge is 0.481 e. The molecule has 0 aliphatic heterocycles. The Morgan fingerprint density at radius 3 is 2.00 bits per heavy atom. The van der Waals surface area contributed by atoms with E-state index in [0.717, 1.165) is 18.4 Å². The first-order valence-electron chi connectivity index (χ1n) is 9.89. The minimum atomic E-state index is -0.727. The molecule has 0 bridgehead atoms. The van der Waals surface area contributed by atoms with Crippen LogP contribution < -0.4 is 4.74 Å². The molecule has 150 valence electrons. The van der Waals surface area contributed by atoms with Gasteiger partial charge in [0.15, 0.2) is 0 Å². The fourth-order valence-corrected chi connectivity index (χ4v) is 3.29. The van der Waals surface area contributed by atoms with Crippen LogP contribution in [0.3, 0.4) is 0 Å².